The van der Waals surface area contributed by atoms with E-state index in [1.165, 1.54) is 22.3 Å². The van der Waals surface area contributed by atoms with Gasteiger partial charge in [-0.05, 0) is 79.3 Å². The summed E-state index contributed by atoms with van der Waals surface area (Å²) in [5.74, 6) is 2.04. The lowest BCUT2D eigenvalue weighted by molar-refractivity contribution is 0.199. The van der Waals surface area contributed by atoms with Gasteiger partial charge in [0.05, 0.1) is 18.8 Å². The summed E-state index contributed by atoms with van der Waals surface area (Å²) in [7, 11) is 0. The van der Waals surface area contributed by atoms with Gasteiger partial charge in [0.1, 0.15) is 23.4 Å². The van der Waals surface area contributed by atoms with Gasteiger partial charge in [-0.15, -0.1) is 0 Å². The molecule has 3 aromatic carbocycles. The summed E-state index contributed by atoms with van der Waals surface area (Å²) in [5.41, 5.74) is 7.04. The lowest BCUT2D eigenvalue weighted by atomic mass is 9.99. The second kappa shape index (κ2) is 7.03. The normalized spacial score (nSPS) is 17.7. The van der Waals surface area contributed by atoms with Crippen LogP contribution in [0.2, 0.25) is 0 Å². The molecule has 0 bridgehead atoms. The van der Waals surface area contributed by atoms with Gasteiger partial charge < -0.3 is 19.5 Å². The Balaban J connectivity index is 1.60. The first-order chi connectivity index (χ1) is 14.1. The number of nitrogens with zero attached hydrogens (tertiary/aromatic N) is 1. The van der Waals surface area contributed by atoms with E-state index in [4.69, 9.17) is 9.47 Å². The van der Waals surface area contributed by atoms with E-state index in [-0.39, 0.29) is 11.9 Å². The molecule has 4 heteroatoms. The summed E-state index contributed by atoms with van der Waals surface area (Å²) in [6.07, 6.45) is 1.97. The van der Waals surface area contributed by atoms with Crippen molar-refractivity contribution in [1.82, 2.24) is 0 Å². The van der Waals surface area contributed by atoms with Crippen LogP contribution < -0.4 is 14.4 Å². The highest BCUT2D eigenvalue weighted by Crippen LogP contribution is 2.46. The molecule has 3 aromatic rings. The molecule has 1 unspecified atom stereocenters. The minimum absolute atomic E-state index is 0.0859. The Morgan fingerprint density at radius 1 is 0.931 bits per heavy atom. The maximum Gasteiger partial charge on any atom is 0.147 e. The Labute approximate surface area is 171 Å². The number of anilines is 2. The molecule has 5 rings (SSSR count). The van der Waals surface area contributed by atoms with Crippen LogP contribution in [0.25, 0.3) is 0 Å². The van der Waals surface area contributed by atoms with Crippen molar-refractivity contribution in [3.05, 3.63) is 76.9 Å². The maximum atomic E-state index is 9.74. The Hall–Kier alpha value is -3.14. The van der Waals surface area contributed by atoms with Gasteiger partial charge in [0.15, 0.2) is 0 Å². The first-order valence-corrected chi connectivity index (χ1v) is 10.2. The third kappa shape index (κ3) is 3.29. The number of phenolic OH excluding ortho intramolecular Hbond substituents is 1. The fourth-order valence-electron chi connectivity index (χ4n) is 4.14. The first-order valence-electron chi connectivity index (χ1n) is 10.2. The summed E-state index contributed by atoms with van der Waals surface area (Å²) in [5, 5.41) is 9.74. The van der Waals surface area contributed by atoms with Crippen molar-refractivity contribution in [3.8, 4) is 17.2 Å². The van der Waals surface area contributed by atoms with E-state index in [1.54, 1.807) is 12.1 Å². The summed E-state index contributed by atoms with van der Waals surface area (Å²) in [6.45, 7) is 5.73. The third-order valence-corrected chi connectivity index (χ3v) is 5.96. The van der Waals surface area contributed by atoms with E-state index in [9.17, 15) is 5.11 Å². The molecule has 148 valence electrons. The van der Waals surface area contributed by atoms with Crippen molar-refractivity contribution in [3.63, 3.8) is 0 Å². The lowest BCUT2D eigenvalue weighted by Gasteiger charge is -2.37. The van der Waals surface area contributed by atoms with Gasteiger partial charge in [0.25, 0.3) is 0 Å². The number of fused-ring (bicyclic) bond motifs is 2. The minimum atomic E-state index is -0.0859. The number of phenols is 1. The molecule has 0 spiro atoms. The van der Waals surface area contributed by atoms with Gasteiger partial charge in [-0.1, -0.05) is 18.2 Å². The molecule has 2 aliphatic heterocycles. The van der Waals surface area contributed by atoms with Crippen molar-refractivity contribution in [2.75, 3.05) is 18.1 Å². The van der Waals surface area contributed by atoms with E-state index in [1.807, 2.05) is 18.2 Å². The molecule has 1 N–H and O–H groups in total. The average Bonchev–Trinajstić information content (AvgIpc) is 2.74. The van der Waals surface area contributed by atoms with Crippen molar-refractivity contribution in [1.29, 1.82) is 0 Å². The van der Waals surface area contributed by atoms with Crippen LogP contribution in [0, 0.1) is 13.8 Å². The molecule has 0 fully saturated rings. The van der Waals surface area contributed by atoms with E-state index in [0.29, 0.717) is 6.54 Å². The van der Waals surface area contributed by atoms with Crippen molar-refractivity contribution in [2.45, 2.75) is 32.8 Å². The number of hydrogen-bond donors (Lipinski definition) is 1. The summed E-state index contributed by atoms with van der Waals surface area (Å²) in [6, 6.07) is 18.2. The largest absolute Gasteiger partial charge is 0.508 e. The predicted octanol–water partition coefficient (Wildman–Crippen LogP) is 5.61. The quantitative estimate of drug-likeness (QED) is 0.621. The molecule has 2 aliphatic rings. The van der Waals surface area contributed by atoms with Gasteiger partial charge in [-0.3, -0.25) is 0 Å². The van der Waals surface area contributed by atoms with Gasteiger partial charge in [-0.2, -0.15) is 0 Å². The van der Waals surface area contributed by atoms with E-state index < -0.39 is 0 Å². The molecule has 0 saturated carbocycles. The minimum Gasteiger partial charge on any atom is -0.508 e. The number of rotatable bonds is 2. The highest BCUT2D eigenvalue weighted by atomic mass is 16.5. The van der Waals surface area contributed by atoms with Crippen LogP contribution in [0.15, 0.2) is 54.6 Å². The third-order valence-electron chi connectivity index (χ3n) is 5.96. The zero-order chi connectivity index (χ0) is 20.0. The van der Waals surface area contributed by atoms with Crippen molar-refractivity contribution in [2.24, 2.45) is 0 Å². The number of ether oxygens (including phenoxy) is 2. The zero-order valence-electron chi connectivity index (χ0n) is 16.8. The molecule has 0 radical (unpaired) electrons. The van der Waals surface area contributed by atoms with Crippen molar-refractivity contribution < 1.29 is 14.6 Å². The van der Waals surface area contributed by atoms with E-state index >= 15 is 0 Å². The average molecular weight is 387 g/mol. The number of aryl methyl sites for hydroxylation is 3. The van der Waals surface area contributed by atoms with Crippen LogP contribution in [0.3, 0.4) is 0 Å². The molecule has 2 heterocycles. The lowest BCUT2D eigenvalue weighted by Crippen LogP contribution is -2.32. The molecular formula is C25H25NO3. The molecule has 0 saturated heterocycles. The smallest absolute Gasteiger partial charge is 0.147 e. The Bertz CT molecular complexity index is 1060. The predicted molar refractivity (Wildman–Crippen MR) is 115 cm³/mol. The Morgan fingerprint density at radius 3 is 2.55 bits per heavy atom. The molecular weight excluding hydrogens is 362 g/mol. The molecule has 1 atom stereocenters. The van der Waals surface area contributed by atoms with Gasteiger partial charge >= 0.3 is 0 Å². The number of benzene rings is 3. The first kappa shape index (κ1) is 17.9. The second-order valence-corrected chi connectivity index (χ2v) is 7.96. The maximum absolute atomic E-state index is 9.74. The van der Waals surface area contributed by atoms with E-state index in [0.717, 1.165) is 42.3 Å². The van der Waals surface area contributed by atoms with Crippen LogP contribution in [-0.4, -0.2) is 18.3 Å². The van der Waals surface area contributed by atoms with Crippen LogP contribution in [-0.2, 0) is 6.42 Å². The summed E-state index contributed by atoms with van der Waals surface area (Å²) in [4.78, 5) is 2.28. The molecule has 4 nitrogen and oxygen atoms in total. The fourth-order valence-corrected chi connectivity index (χ4v) is 4.14. The number of hydrogen-bond acceptors (Lipinski definition) is 4. The SMILES string of the molecule is Cc1ccc(C2CN(c3ccc(O)cc3)c3cc4c(cc3O2)OCCC4)cc1C. The number of aromatic hydroxyl groups is 1. The molecule has 29 heavy (non-hydrogen) atoms. The molecule has 0 amide bonds. The Kier molecular flexibility index (Phi) is 4.35. The van der Waals surface area contributed by atoms with Crippen molar-refractivity contribution >= 4 is 11.4 Å². The van der Waals surface area contributed by atoms with Crippen LogP contribution >= 0.6 is 0 Å². The van der Waals surface area contributed by atoms with Crippen LogP contribution in [0.4, 0.5) is 11.4 Å². The molecule has 0 aliphatic carbocycles. The monoisotopic (exact) mass is 387 g/mol. The fraction of sp³-hybridized carbons (Fsp3) is 0.280. The van der Waals surface area contributed by atoms with Gasteiger partial charge in [0.2, 0.25) is 0 Å². The highest BCUT2D eigenvalue weighted by molar-refractivity contribution is 5.73. The Morgan fingerprint density at radius 2 is 1.76 bits per heavy atom. The summed E-state index contributed by atoms with van der Waals surface area (Å²) < 4.78 is 12.4. The van der Waals surface area contributed by atoms with Crippen LogP contribution in [0.1, 0.15) is 34.8 Å². The zero-order valence-corrected chi connectivity index (χ0v) is 16.8. The summed E-state index contributed by atoms with van der Waals surface area (Å²) >= 11 is 0. The van der Waals surface area contributed by atoms with Gasteiger partial charge in [0, 0.05) is 11.8 Å². The van der Waals surface area contributed by atoms with Gasteiger partial charge in [-0.25, -0.2) is 0 Å². The standard InChI is InChI=1S/C25H25NO3/c1-16-5-6-19(12-17(16)2)25-15-26(20-7-9-21(27)10-8-20)22-13-18-4-3-11-28-23(18)14-24(22)29-25/h5-10,12-14,25,27H,3-4,11,15H2,1-2H3. The van der Waals surface area contributed by atoms with E-state index in [2.05, 4.69) is 43.0 Å². The second-order valence-electron chi connectivity index (χ2n) is 7.96. The topological polar surface area (TPSA) is 41.9 Å². The molecule has 0 aromatic heterocycles. The van der Waals surface area contributed by atoms with Crippen LogP contribution in [0.5, 0.6) is 17.2 Å². The highest BCUT2D eigenvalue weighted by Gasteiger charge is 2.30.